The molecule has 0 radical (unpaired) electrons. The van der Waals surface area contributed by atoms with E-state index in [4.69, 9.17) is 28.3 Å². The average Bonchev–Trinajstić information content (AvgIpc) is 2.87. The predicted octanol–water partition coefficient (Wildman–Crippen LogP) is 2.44. The molecule has 1 heterocycles. The van der Waals surface area contributed by atoms with E-state index in [1.165, 1.54) is 16.4 Å². The minimum Gasteiger partial charge on any atom is -0.478 e. The molecule has 0 atom stereocenters. The Bertz CT molecular complexity index is 642. The number of benzene rings is 1. The van der Waals surface area contributed by atoms with Crippen molar-refractivity contribution in [2.45, 2.75) is 12.8 Å². The van der Waals surface area contributed by atoms with Gasteiger partial charge in [0.25, 0.3) is 0 Å². The van der Waals surface area contributed by atoms with Gasteiger partial charge in [-0.15, -0.1) is 0 Å². The minimum absolute atomic E-state index is 0.0189. The van der Waals surface area contributed by atoms with E-state index in [2.05, 4.69) is 4.72 Å². The highest BCUT2D eigenvalue weighted by Gasteiger charge is 2.28. The number of aromatic carboxylic acids is 1. The van der Waals surface area contributed by atoms with Crippen molar-refractivity contribution in [3.63, 3.8) is 0 Å². The van der Waals surface area contributed by atoms with Gasteiger partial charge in [0.05, 0.1) is 15.7 Å². The third-order valence-electron chi connectivity index (χ3n) is 2.95. The maximum Gasteiger partial charge on any atom is 0.339 e. The van der Waals surface area contributed by atoms with E-state index < -0.39 is 16.2 Å². The fourth-order valence-corrected chi connectivity index (χ4v) is 3.82. The number of halogens is 2. The van der Waals surface area contributed by atoms with E-state index in [1.807, 2.05) is 0 Å². The Labute approximate surface area is 126 Å². The Balaban J connectivity index is 2.43. The number of rotatable bonds is 4. The lowest BCUT2D eigenvalue weighted by molar-refractivity contribution is 0.0698. The third kappa shape index (κ3) is 3.01. The molecule has 0 aliphatic carbocycles. The zero-order valence-electron chi connectivity index (χ0n) is 10.3. The summed E-state index contributed by atoms with van der Waals surface area (Å²) < 4.78 is 27.8. The highest BCUT2D eigenvalue weighted by Crippen LogP contribution is 2.33. The molecule has 1 aromatic rings. The molecule has 1 fully saturated rings. The molecule has 110 valence electrons. The number of carbonyl (C=O) groups is 1. The van der Waals surface area contributed by atoms with Crippen molar-refractivity contribution in [3.05, 3.63) is 27.7 Å². The number of carboxylic acid groups (broad SMARTS) is 1. The molecule has 20 heavy (non-hydrogen) atoms. The van der Waals surface area contributed by atoms with Crippen LogP contribution in [0.5, 0.6) is 0 Å². The first kappa shape index (κ1) is 15.4. The molecule has 2 rings (SSSR count). The van der Waals surface area contributed by atoms with Crippen LogP contribution in [0.1, 0.15) is 23.2 Å². The summed E-state index contributed by atoms with van der Waals surface area (Å²) in [4.78, 5) is 11.2. The summed E-state index contributed by atoms with van der Waals surface area (Å²) in [5.74, 6) is -1.35. The van der Waals surface area contributed by atoms with Crippen LogP contribution in [-0.2, 0) is 10.2 Å². The highest BCUT2D eigenvalue weighted by molar-refractivity contribution is 7.90. The van der Waals surface area contributed by atoms with Crippen molar-refractivity contribution < 1.29 is 18.3 Å². The minimum atomic E-state index is -3.83. The first-order valence-corrected chi connectivity index (χ1v) is 8.01. The van der Waals surface area contributed by atoms with Crippen molar-refractivity contribution in [1.29, 1.82) is 0 Å². The molecular formula is C11H12Cl2N2O4S. The van der Waals surface area contributed by atoms with E-state index in [1.54, 1.807) is 0 Å². The largest absolute Gasteiger partial charge is 0.478 e. The molecule has 1 aliphatic rings. The lowest BCUT2D eigenvalue weighted by Gasteiger charge is -2.19. The van der Waals surface area contributed by atoms with Crippen LogP contribution in [0.2, 0.25) is 10.0 Å². The Kier molecular flexibility index (Phi) is 4.43. The van der Waals surface area contributed by atoms with Gasteiger partial charge in [0.2, 0.25) is 0 Å². The number of anilines is 1. The lowest BCUT2D eigenvalue weighted by Crippen LogP contribution is -2.34. The second-order valence-corrected chi connectivity index (χ2v) is 6.78. The predicted molar refractivity (Wildman–Crippen MR) is 76.8 cm³/mol. The fourth-order valence-electron chi connectivity index (χ4n) is 1.98. The maximum atomic E-state index is 12.2. The van der Waals surface area contributed by atoms with Crippen LogP contribution in [0.4, 0.5) is 5.69 Å². The van der Waals surface area contributed by atoms with E-state index in [-0.39, 0.29) is 21.3 Å². The van der Waals surface area contributed by atoms with Gasteiger partial charge in [-0.1, -0.05) is 23.2 Å². The Hall–Kier alpha value is -1.02. The molecular weight excluding hydrogens is 327 g/mol. The van der Waals surface area contributed by atoms with Gasteiger partial charge in [-0.05, 0) is 25.0 Å². The van der Waals surface area contributed by atoms with Crippen molar-refractivity contribution in [2.75, 3.05) is 17.8 Å². The topological polar surface area (TPSA) is 86.7 Å². The molecule has 1 saturated heterocycles. The molecule has 0 amide bonds. The summed E-state index contributed by atoms with van der Waals surface area (Å²) in [6.07, 6.45) is 1.55. The van der Waals surface area contributed by atoms with Gasteiger partial charge in [0.15, 0.2) is 0 Å². The van der Waals surface area contributed by atoms with Crippen LogP contribution in [0.15, 0.2) is 12.1 Å². The van der Waals surface area contributed by atoms with Crippen LogP contribution < -0.4 is 4.72 Å². The first-order chi connectivity index (χ1) is 9.33. The van der Waals surface area contributed by atoms with Gasteiger partial charge < -0.3 is 5.11 Å². The number of hydrogen-bond donors (Lipinski definition) is 2. The highest BCUT2D eigenvalue weighted by atomic mass is 35.5. The van der Waals surface area contributed by atoms with Crippen molar-refractivity contribution in [2.24, 2.45) is 0 Å². The summed E-state index contributed by atoms with van der Waals surface area (Å²) in [6, 6.07) is 2.65. The Morgan fingerprint density at radius 2 is 1.75 bits per heavy atom. The normalized spacial score (nSPS) is 16.3. The second-order valence-electron chi connectivity index (χ2n) is 4.30. The SMILES string of the molecule is O=C(O)c1c(Cl)ccc(Cl)c1NS(=O)(=O)N1CCCC1. The summed E-state index contributed by atoms with van der Waals surface area (Å²) in [5.41, 5.74) is -0.569. The molecule has 9 heteroatoms. The number of nitrogens with zero attached hydrogens (tertiary/aromatic N) is 1. The van der Waals surface area contributed by atoms with E-state index in [9.17, 15) is 13.2 Å². The van der Waals surface area contributed by atoms with E-state index >= 15 is 0 Å². The summed E-state index contributed by atoms with van der Waals surface area (Å²) >= 11 is 11.7. The van der Waals surface area contributed by atoms with Crippen molar-refractivity contribution >= 4 is 45.1 Å². The van der Waals surface area contributed by atoms with Gasteiger partial charge in [0, 0.05) is 13.1 Å². The first-order valence-electron chi connectivity index (χ1n) is 5.82. The molecule has 0 spiro atoms. The number of carboxylic acids is 1. The average molecular weight is 339 g/mol. The standard InChI is InChI=1S/C11H12Cl2N2O4S/c12-7-3-4-8(13)10(9(7)11(16)17)14-20(18,19)15-5-1-2-6-15/h3-4,14H,1-2,5-6H2,(H,16,17). The van der Waals surface area contributed by atoms with Crippen LogP contribution in [-0.4, -0.2) is 36.9 Å². The van der Waals surface area contributed by atoms with Crippen LogP contribution >= 0.6 is 23.2 Å². The molecule has 0 aromatic heterocycles. The number of nitrogens with one attached hydrogen (secondary N) is 1. The van der Waals surface area contributed by atoms with Crippen LogP contribution in [0, 0.1) is 0 Å². The van der Waals surface area contributed by atoms with Gasteiger partial charge in [0.1, 0.15) is 5.56 Å². The quantitative estimate of drug-likeness (QED) is 0.882. The smallest absolute Gasteiger partial charge is 0.339 e. The molecule has 1 aromatic carbocycles. The van der Waals surface area contributed by atoms with Crippen LogP contribution in [0.3, 0.4) is 0 Å². The molecule has 0 bridgehead atoms. The van der Waals surface area contributed by atoms with Crippen LogP contribution in [0.25, 0.3) is 0 Å². The van der Waals surface area contributed by atoms with E-state index in [0.717, 1.165) is 12.8 Å². The van der Waals surface area contributed by atoms with Gasteiger partial charge in [-0.3, -0.25) is 4.72 Å². The maximum absolute atomic E-state index is 12.2. The Morgan fingerprint density at radius 3 is 2.30 bits per heavy atom. The zero-order valence-corrected chi connectivity index (χ0v) is 12.6. The molecule has 1 aliphatic heterocycles. The molecule has 6 nitrogen and oxygen atoms in total. The Morgan fingerprint density at radius 1 is 1.20 bits per heavy atom. The zero-order chi connectivity index (χ0) is 14.9. The third-order valence-corrected chi connectivity index (χ3v) is 5.09. The van der Waals surface area contributed by atoms with E-state index in [0.29, 0.717) is 13.1 Å². The van der Waals surface area contributed by atoms with Crippen molar-refractivity contribution in [3.8, 4) is 0 Å². The molecule has 2 N–H and O–H groups in total. The lowest BCUT2D eigenvalue weighted by atomic mass is 10.2. The fraction of sp³-hybridized carbons (Fsp3) is 0.364. The van der Waals surface area contributed by atoms with Crippen molar-refractivity contribution in [1.82, 2.24) is 4.31 Å². The number of hydrogen-bond acceptors (Lipinski definition) is 3. The molecule has 0 saturated carbocycles. The molecule has 0 unspecified atom stereocenters. The summed E-state index contributed by atoms with van der Waals surface area (Å²) in [7, 11) is -3.83. The van der Waals surface area contributed by atoms with Gasteiger partial charge in [-0.25, -0.2) is 4.79 Å². The van der Waals surface area contributed by atoms with Gasteiger partial charge in [-0.2, -0.15) is 12.7 Å². The van der Waals surface area contributed by atoms with Gasteiger partial charge >= 0.3 is 16.2 Å². The second kappa shape index (κ2) is 5.77. The summed E-state index contributed by atoms with van der Waals surface area (Å²) in [5, 5.41) is 9.04. The summed E-state index contributed by atoms with van der Waals surface area (Å²) in [6.45, 7) is 0.797. The monoisotopic (exact) mass is 338 g/mol.